The zero-order valence-electron chi connectivity index (χ0n) is 12.4. The monoisotopic (exact) mass is 344 g/mol. The maximum Gasteiger partial charge on any atom is 0.261 e. The Kier molecular flexibility index (Phi) is 5.63. The third kappa shape index (κ3) is 3.35. The first-order valence-corrected chi connectivity index (χ1v) is 7.15. The van der Waals surface area contributed by atoms with Gasteiger partial charge in [-0.3, -0.25) is 4.90 Å². The van der Waals surface area contributed by atoms with Gasteiger partial charge in [-0.15, -0.1) is 12.4 Å². The molecule has 8 heteroatoms. The summed E-state index contributed by atoms with van der Waals surface area (Å²) in [5.41, 5.74) is 0.704. The van der Waals surface area contributed by atoms with Crippen molar-refractivity contribution in [2.24, 2.45) is 0 Å². The molecule has 0 amide bonds. The van der Waals surface area contributed by atoms with Crippen LogP contribution >= 0.6 is 24.0 Å². The van der Waals surface area contributed by atoms with Gasteiger partial charge in [0.2, 0.25) is 0 Å². The summed E-state index contributed by atoms with van der Waals surface area (Å²) in [7, 11) is 3.66. The number of halogens is 2. The van der Waals surface area contributed by atoms with Crippen molar-refractivity contribution in [1.29, 1.82) is 0 Å². The topological polar surface area (TPSA) is 63.4 Å². The van der Waals surface area contributed by atoms with Gasteiger partial charge in [-0.05, 0) is 25.2 Å². The van der Waals surface area contributed by atoms with E-state index in [-0.39, 0.29) is 18.4 Å². The Balaban J connectivity index is 0.00000176. The van der Waals surface area contributed by atoms with Crippen LogP contribution in [0.1, 0.15) is 11.9 Å². The Hall–Kier alpha value is -1.34. The Bertz CT molecular complexity index is 635. The molecule has 1 saturated heterocycles. The molecule has 1 N–H and O–H groups in total. The van der Waals surface area contributed by atoms with Crippen LogP contribution in [0.15, 0.2) is 22.7 Å². The highest BCUT2D eigenvalue weighted by Gasteiger charge is 2.26. The van der Waals surface area contributed by atoms with Crippen LogP contribution in [0.25, 0.3) is 11.5 Å². The second kappa shape index (κ2) is 7.28. The standard InChI is InChI=1S/C14H17ClN4O2.ClH/c1-19-6-5-16-8-11(19)13-17-14(21-18-13)10-7-9(15)3-4-12(10)20-2;/h3-4,7,11,16H,5-6,8H2,1-2H3;1H. The van der Waals surface area contributed by atoms with Crippen molar-refractivity contribution >= 4 is 24.0 Å². The molecule has 1 unspecified atom stereocenters. The number of rotatable bonds is 3. The summed E-state index contributed by atoms with van der Waals surface area (Å²) in [4.78, 5) is 6.71. The zero-order valence-corrected chi connectivity index (χ0v) is 13.9. The van der Waals surface area contributed by atoms with Crippen LogP contribution in [-0.4, -0.2) is 48.8 Å². The molecule has 0 aliphatic carbocycles. The number of hydrogen-bond acceptors (Lipinski definition) is 6. The van der Waals surface area contributed by atoms with Crippen LogP contribution < -0.4 is 10.1 Å². The Labute approximate surface area is 140 Å². The van der Waals surface area contributed by atoms with Crippen molar-refractivity contribution in [3.05, 3.63) is 29.0 Å². The lowest BCUT2D eigenvalue weighted by Gasteiger charge is -2.30. The van der Waals surface area contributed by atoms with Crippen LogP contribution in [0, 0.1) is 0 Å². The summed E-state index contributed by atoms with van der Waals surface area (Å²) in [6.07, 6.45) is 0. The molecule has 0 bridgehead atoms. The molecule has 1 fully saturated rings. The number of nitrogens with one attached hydrogen (secondary N) is 1. The third-order valence-corrected chi connectivity index (χ3v) is 3.88. The highest BCUT2D eigenvalue weighted by atomic mass is 35.5. The average molecular weight is 345 g/mol. The summed E-state index contributed by atoms with van der Waals surface area (Å²) in [5.74, 6) is 1.75. The van der Waals surface area contributed by atoms with Gasteiger partial charge in [-0.2, -0.15) is 4.98 Å². The number of benzene rings is 1. The normalized spacial score (nSPS) is 18.8. The molecule has 1 aliphatic rings. The van der Waals surface area contributed by atoms with Crippen LogP contribution in [0.5, 0.6) is 5.75 Å². The molecule has 6 nitrogen and oxygen atoms in total. The molecule has 1 atom stereocenters. The lowest BCUT2D eigenvalue weighted by Crippen LogP contribution is -2.44. The van der Waals surface area contributed by atoms with Crippen molar-refractivity contribution in [3.8, 4) is 17.2 Å². The largest absolute Gasteiger partial charge is 0.496 e. The maximum atomic E-state index is 6.04. The van der Waals surface area contributed by atoms with Gasteiger partial charge in [0.15, 0.2) is 5.82 Å². The van der Waals surface area contributed by atoms with E-state index in [1.54, 1.807) is 25.3 Å². The van der Waals surface area contributed by atoms with Gasteiger partial charge in [0.1, 0.15) is 5.75 Å². The molecule has 1 aromatic carbocycles. The third-order valence-electron chi connectivity index (χ3n) is 3.64. The predicted molar refractivity (Wildman–Crippen MR) is 86.8 cm³/mol. The number of ether oxygens (including phenoxy) is 1. The van der Waals surface area contributed by atoms with E-state index in [4.69, 9.17) is 20.9 Å². The number of nitrogens with zero attached hydrogens (tertiary/aromatic N) is 3. The summed E-state index contributed by atoms with van der Waals surface area (Å²) >= 11 is 6.04. The predicted octanol–water partition coefficient (Wildman–Crippen LogP) is 2.40. The number of hydrogen-bond donors (Lipinski definition) is 1. The molecule has 0 radical (unpaired) electrons. The number of aromatic nitrogens is 2. The van der Waals surface area contributed by atoms with E-state index < -0.39 is 0 Å². The molecular formula is C14H18Cl2N4O2. The Morgan fingerprint density at radius 1 is 1.45 bits per heavy atom. The van der Waals surface area contributed by atoms with Gasteiger partial charge < -0.3 is 14.6 Å². The maximum absolute atomic E-state index is 6.04. The van der Waals surface area contributed by atoms with Gasteiger partial charge in [0.25, 0.3) is 5.89 Å². The first-order chi connectivity index (χ1) is 10.2. The van der Waals surface area contributed by atoms with E-state index in [0.29, 0.717) is 28.1 Å². The lowest BCUT2D eigenvalue weighted by molar-refractivity contribution is 0.190. The minimum Gasteiger partial charge on any atom is -0.496 e. The van der Waals surface area contributed by atoms with Crippen LogP contribution in [0.4, 0.5) is 0 Å². The molecule has 0 spiro atoms. The molecular weight excluding hydrogens is 327 g/mol. The highest BCUT2D eigenvalue weighted by Crippen LogP contribution is 2.32. The van der Waals surface area contributed by atoms with Crippen molar-refractivity contribution in [2.45, 2.75) is 6.04 Å². The second-order valence-electron chi connectivity index (χ2n) is 5.00. The van der Waals surface area contributed by atoms with E-state index in [1.807, 2.05) is 0 Å². The van der Waals surface area contributed by atoms with E-state index >= 15 is 0 Å². The minimum atomic E-state index is 0. The van der Waals surface area contributed by atoms with Gasteiger partial charge in [0.05, 0.1) is 18.7 Å². The average Bonchev–Trinajstić information content (AvgIpc) is 2.97. The van der Waals surface area contributed by atoms with Crippen molar-refractivity contribution in [3.63, 3.8) is 0 Å². The number of likely N-dealkylation sites (N-methyl/N-ethyl adjacent to an activating group) is 1. The van der Waals surface area contributed by atoms with E-state index in [2.05, 4.69) is 27.4 Å². The van der Waals surface area contributed by atoms with Gasteiger partial charge in [-0.1, -0.05) is 16.8 Å². The first-order valence-electron chi connectivity index (χ1n) is 6.77. The summed E-state index contributed by atoms with van der Waals surface area (Å²) in [5, 5.41) is 8.04. The van der Waals surface area contributed by atoms with Crippen molar-refractivity contribution < 1.29 is 9.26 Å². The summed E-state index contributed by atoms with van der Waals surface area (Å²) < 4.78 is 10.7. The summed E-state index contributed by atoms with van der Waals surface area (Å²) in [6, 6.07) is 5.43. The van der Waals surface area contributed by atoms with E-state index in [9.17, 15) is 0 Å². The van der Waals surface area contributed by atoms with Crippen molar-refractivity contribution in [2.75, 3.05) is 33.8 Å². The van der Waals surface area contributed by atoms with Gasteiger partial charge in [-0.25, -0.2) is 0 Å². The first kappa shape index (κ1) is 17.0. The smallest absolute Gasteiger partial charge is 0.261 e. The quantitative estimate of drug-likeness (QED) is 0.922. The van der Waals surface area contributed by atoms with Crippen LogP contribution in [0.2, 0.25) is 5.02 Å². The SMILES string of the molecule is COc1ccc(Cl)cc1-c1nc(C2CNCCN2C)no1.Cl. The second-order valence-corrected chi connectivity index (χ2v) is 5.44. The van der Waals surface area contributed by atoms with Crippen molar-refractivity contribution in [1.82, 2.24) is 20.4 Å². The molecule has 120 valence electrons. The van der Waals surface area contributed by atoms with Gasteiger partial charge >= 0.3 is 0 Å². The Morgan fingerprint density at radius 3 is 3.00 bits per heavy atom. The Morgan fingerprint density at radius 2 is 2.27 bits per heavy atom. The number of methoxy groups -OCH3 is 1. The fourth-order valence-corrected chi connectivity index (χ4v) is 2.59. The highest BCUT2D eigenvalue weighted by molar-refractivity contribution is 6.30. The van der Waals surface area contributed by atoms with E-state index in [0.717, 1.165) is 19.6 Å². The molecule has 3 rings (SSSR count). The fourth-order valence-electron chi connectivity index (χ4n) is 2.42. The minimum absolute atomic E-state index is 0. The van der Waals surface area contributed by atoms with Gasteiger partial charge in [0, 0.05) is 24.7 Å². The molecule has 2 heterocycles. The fraction of sp³-hybridized carbons (Fsp3) is 0.429. The molecule has 0 saturated carbocycles. The molecule has 1 aromatic heterocycles. The number of piperazine rings is 1. The van der Waals surface area contributed by atoms with E-state index in [1.165, 1.54) is 0 Å². The van der Waals surface area contributed by atoms with Crippen LogP contribution in [-0.2, 0) is 0 Å². The molecule has 2 aromatic rings. The lowest BCUT2D eigenvalue weighted by atomic mass is 10.2. The van der Waals surface area contributed by atoms with Crippen LogP contribution in [0.3, 0.4) is 0 Å². The molecule has 22 heavy (non-hydrogen) atoms. The summed E-state index contributed by atoms with van der Waals surface area (Å²) in [6.45, 7) is 2.73. The zero-order chi connectivity index (χ0) is 14.8. The molecule has 1 aliphatic heterocycles.